The van der Waals surface area contributed by atoms with E-state index >= 15 is 0 Å². The maximum absolute atomic E-state index is 9.86. The summed E-state index contributed by atoms with van der Waals surface area (Å²) in [5.74, 6) is 1.08. The van der Waals surface area contributed by atoms with Gasteiger partial charge in [0.05, 0.1) is 19.6 Å². The van der Waals surface area contributed by atoms with Crippen LogP contribution in [-0.2, 0) is 6.61 Å². The molecule has 2 rings (SSSR count). The summed E-state index contributed by atoms with van der Waals surface area (Å²) in [5.41, 5.74) is 0.393. The van der Waals surface area contributed by atoms with Crippen LogP contribution < -0.4 is 9.47 Å². The Morgan fingerprint density at radius 1 is 1.19 bits per heavy atom. The smallest absolute Gasteiger partial charge is 0.180 e. The summed E-state index contributed by atoms with van der Waals surface area (Å²) in [4.78, 5) is 0. The highest BCUT2D eigenvalue weighted by atomic mass is 16.5. The molecule has 0 aliphatic rings. The van der Waals surface area contributed by atoms with E-state index in [2.05, 4.69) is 0 Å². The summed E-state index contributed by atoms with van der Waals surface area (Å²) in [5, 5.41) is 19.3. The van der Waals surface area contributed by atoms with Crippen molar-refractivity contribution in [3.05, 3.63) is 17.9 Å². The fourth-order valence-corrected chi connectivity index (χ4v) is 1.57. The third-order valence-corrected chi connectivity index (χ3v) is 2.35. The van der Waals surface area contributed by atoms with Crippen molar-refractivity contribution in [3.8, 4) is 17.2 Å². The van der Waals surface area contributed by atoms with Crippen molar-refractivity contribution < 1.29 is 24.1 Å². The minimum Gasteiger partial charge on any atom is -0.504 e. The molecule has 0 radical (unpaired) electrons. The molecule has 5 heteroatoms. The van der Waals surface area contributed by atoms with Crippen LogP contribution in [0.3, 0.4) is 0 Å². The molecule has 0 saturated carbocycles. The molecule has 0 aliphatic heterocycles. The van der Waals surface area contributed by atoms with Gasteiger partial charge in [-0.25, -0.2) is 0 Å². The number of aliphatic hydroxyl groups excluding tert-OH is 1. The first kappa shape index (κ1) is 10.6. The second-order valence-electron chi connectivity index (χ2n) is 3.24. The molecular formula is C11H12O5. The largest absolute Gasteiger partial charge is 0.504 e. The summed E-state index contributed by atoms with van der Waals surface area (Å²) < 4.78 is 15.4. The van der Waals surface area contributed by atoms with Crippen molar-refractivity contribution in [2.24, 2.45) is 0 Å². The van der Waals surface area contributed by atoms with Gasteiger partial charge in [0.15, 0.2) is 22.8 Å². The molecule has 1 aromatic carbocycles. The van der Waals surface area contributed by atoms with Crippen molar-refractivity contribution in [2.75, 3.05) is 14.2 Å². The second kappa shape index (κ2) is 3.94. The van der Waals surface area contributed by atoms with Crippen LogP contribution in [0, 0.1) is 0 Å². The highest BCUT2D eigenvalue weighted by Gasteiger charge is 2.17. The van der Waals surface area contributed by atoms with Gasteiger partial charge in [0.25, 0.3) is 0 Å². The van der Waals surface area contributed by atoms with Crippen LogP contribution in [0.15, 0.2) is 16.5 Å². The molecule has 1 aromatic heterocycles. The summed E-state index contributed by atoms with van der Waals surface area (Å²) in [6.07, 6.45) is 0. The van der Waals surface area contributed by atoms with Crippen LogP contribution in [0.1, 0.15) is 5.76 Å². The van der Waals surface area contributed by atoms with Gasteiger partial charge >= 0.3 is 0 Å². The Bertz CT molecular complexity index is 515. The average molecular weight is 224 g/mol. The molecular weight excluding hydrogens is 212 g/mol. The summed E-state index contributed by atoms with van der Waals surface area (Å²) in [6, 6.07) is 3.08. The Morgan fingerprint density at radius 3 is 2.44 bits per heavy atom. The van der Waals surface area contributed by atoms with Gasteiger partial charge in [0.1, 0.15) is 12.4 Å². The lowest BCUT2D eigenvalue weighted by atomic mass is 10.2. The van der Waals surface area contributed by atoms with Crippen molar-refractivity contribution >= 4 is 11.0 Å². The molecule has 0 saturated heterocycles. The zero-order valence-corrected chi connectivity index (χ0v) is 8.98. The van der Waals surface area contributed by atoms with Crippen LogP contribution in [0.25, 0.3) is 11.0 Å². The van der Waals surface area contributed by atoms with Gasteiger partial charge in [-0.05, 0) is 6.07 Å². The summed E-state index contributed by atoms with van der Waals surface area (Å²) >= 11 is 0. The van der Waals surface area contributed by atoms with E-state index in [1.54, 1.807) is 6.07 Å². The van der Waals surface area contributed by atoms with E-state index in [4.69, 9.17) is 19.0 Å². The standard InChI is InChI=1S/C11H12O5/c1-14-8-4-9(15-2)11-7(10(8)13)3-6(5-12)16-11/h3-4,12-13H,5H2,1-2H3. The summed E-state index contributed by atoms with van der Waals surface area (Å²) in [6.45, 7) is -0.237. The number of ether oxygens (including phenoxy) is 2. The minimum absolute atomic E-state index is 0.0262. The predicted octanol–water partition coefficient (Wildman–Crippen LogP) is 1.65. The highest BCUT2D eigenvalue weighted by molar-refractivity contribution is 5.91. The normalized spacial score (nSPS) is 10.7. The fourth-order valence-electron chi connectivity index (χ4n) is 1.57. The fraction of sp³-hybridized carbons (Fsp3) is 0.273. The third kappa shape index (κ3) is 1.45. The molecule has 1 heterocycles. The summed E-state index contributed by atoms with van der Waals surface area (Å²) in [7, 11) is 2.94. The molecule has 5 nitrogen and oxygen atoms in total. The highest BCUT2D eigenvalue weighted by Crippen LogP contribution is 2.42. The number of aliphatic hydroxyl groups is 1. The van der Waals surface area contributed by atoms with Crippen molar-refractivity contribution in [2.45, 2.75) is 6.61 Å². The first-order chi connectivity index (χ1) is 7.71. The van der Waals surface area contributed by atoms with Crippen LogP contribution in [0.5, 0.6) is 17.2 Å². The number of furan rings is 1. The topological polar surface area (TPSA) is 72.1 Å². The molecule has 0 unspecified atom stereocenters. The number of rotatable bonds is 3. The number of phenolic OH excluding ortho intramolecular Hbond substituents is 1. The van der Waals surface area contributed by atoms with E-state index in [-0.39, 0.29) is 12.4 Å². The zero-order valence-electron chi connectivity index (χ0n) is 8.98. The van der Waals surface area contributed by atoms with Gasteiger partial charge in [0, 0.05) is 6.07 Å². The van der Waals surface area contributed by atoms with Crippen LogP contribution in [0.4, 0.5) is 0 Å². The molecule has 0 amide bonds. The van der Waals surface area contributed by atoms with E-state index in [9.17, 15) is 5.11 Å². The van der Waals surface area contributed by atoms with Gasteiger partial charge in [-0.1, -0.05) is 0 Å². The lowest BCUT2D eigenvalue weighted by Crippen LogP contribution is -1.88. The van der Waals surface area contributed by atoms with Crippen LogP contribution in [-0.4, -0.2) is 24.4 Å². The van der Waals surface area contributed by atoms with Crippen molar-refractivity contribution in [3.63, 3.8) is 0 Å². The number of benzene rings is 1. The van der Waals surface area contributed by atoms with E-state index < -0.39 is 0 Å². The first-order valence-corrected chi connectivity index (χ1v) is 4.68. The van der Waals surface area contributed by atoms with Crippen LogP contribution >= 0.6 is 0 Å². The molecule has 0 fully saturated rings. The van der Waals surface area contributed by atoms with Gasteiger partial charge < -0.3 is 24.1 Å². The number of phenols is 1. The Labute approximate surface area is 91.8 Å². The van der Waals surface area contributed by atoms with Crippen molar-refractivity contribution in [1.29, 1.82) is 0 Å². The number of hydrogen-bond acceptors (Lipinski definition) is 5. The molecule has 0 atom stereocenters. The van der Waals surface area contributed by atoms with Gasteiger partial charge in [-0.3, -0.25) is 0 Å². The molecule has 2 aromatic rings. The Kier molecular flexibility index (Phi) is 2.62. The molecule has 86 valence electrons. The van der Waals surface area contributed by atoms with Gasteiger partial charge in [-0.2, -0.15) is 0 Å². The lowest BCUT2D eigenvalue weighted by molar-refractivity contribution is 0.250. The van der Waals surface area contributed by atoms with E-state index in [0.717, 1.165) is 0 Å². The molecule has 0 bridgehead atoms. The second-order valence-corrected chi connectivity index (χ2v) is 3.24. The SMILES string of the molecule is COc1cc(OC)c2oc(CO)cc2c1O. The minimum atomic E-state index is -0.237. The van der Waals surface area contributed by atoms with Crippen LogP contribution in [0.2, 0.25) is 0 Å². The monoisotopic (exact) mass is 224 g/mol. The molecule has 0 aliphatic carbocycles. The maximum atomic E-state index is 9.86. The number of aromatic hydroxyl groups is 1. The molecule has 0 spiro atoms. The zero-order chi connectivity index (χ0) is 11.7. The predicted molar refractivity (Wildman–Crippen MR) is 56.9 cm³/mol. The first-order valence-electron chi connectivity index (χ1n) is 4.68. The Balaban J connectivity index is 2.77. The van der Waals surface area contributed by atoms with E-state index in [1.807, 2.05) is 0 Å². The third-order valence-electron chi connectivity index (χ3n) is 2.35. The maximum Gasteiger partial charge on any atom is 0.180 e. The number of fused-ring (bicyclic) bond motifs is 1. The lowest BCUT2D eigenvalue weighted by Gasteiger charge is -2.07. The number of methoxy groups -OCH3 is 2. The quantitative estimate of drug-likeness (QED) is 0.829. The van der Waals surface area contributed by atoms with Crippen molar-refractivity contribution in [1.82, 2.24) is 0 Å². The Morgan fingerprint density at radius 2 is 1.88 bits per heavy atom. The average Bonchev–Trinajstić information content (AvgIpc) is 2.74. The Hall–Kier alpha value is -1.88. The molecule has 16 heavy (non-hydrogen) atoms. The van der Waals surface area contributed by atoms with E-state index in [1.165, 1.54) is 20.3 Å². The number of hydrogen-bond donors (Lipinski definition) is 2. The van der Waals surface area contributed by atoms with Gasteiger partial charge in [-0.15, -0.1) is 0 Å². The molecule has 2 N–H and O–H groups in total. The van der Waals surface area contributed by atoms with Gasteiger partial charge in [0.2, 0.25) is 0 Å². The van der Waals surface area contributed by atoms with E-state index in [0.29, 0.717) is 28.2 Å².